The van der Waals surface area contributed by atoms with Crippen molar-refractivity contribution in [3.8, 4) is 0 Å². The molecule has 0 saturated carbocycles. The fourth-order valence-electron chi connectivity index (χ4n) is 4.76. The standard InChI is InChI=1S/C23H28N4O3S2/c1-15(2)20-13-19(25-27(20)17-9-12-32(29,30)14-17)23(28)26-10-7-16(8-11-26)22-24-18-5-3-4-6-21(18)31-22/h3-6,13,15-17H,7-12,14H2,1-2H3/t17-/m0/s1. The van der Waals surface area contributed by atoms with Gasteiger partial charge in [-0.05, 0) is 43.4 Å². The molecule has 0 spiro atoms. The van der Waals surface area contributed by atoms with Crippen LogP contribution >= 0.6 is 11.3 Å². The normalized spacial score (nSPS) is 21.6. The lowest BCUT2D eigenvalue weighted by Crippen LogP contribution is -2.38. The van der Waals surface area contributed by atoms with Gasteiger partial charge in [-0.2, -0.15) is 5.10 Å². The number of piperidine rings is 1. The number of carbonyl (C=O) groups is 1. The minimum atomic E-state index is -3.02. The number of hydrogen-bond acceptors (Lipinski definition) is 6. The predicted molar refractivity (Wildman–Crippen MR) is 126 cm³/mol. The molecule has 32 heavy (non-hydrogen) atoms. The number of amides is 1. The van der Waals surface area contributed by atoms with Gasteiger partial charge in [0.1, 0.15) is 0 Å². The Bertz CT molecular complexity index is 1220. The SMILES string of the molecule is CC(C)c1cc(C(=O)N2CCC(c3nc4ccccc4s3)CC2)nn1[C@H]1CCS(=O)(=O)C1. The number of aromatic nitrogens is 3. The minimum Gasteiger partial charge on any atom is -0.337 e. The maximum absolute atomic E-state index is 13.2. The minimum absolute atomic E-state index is 0.0609. The van der Waals surface area contributed by atoms with Gasteiger partial charge in [-0.3, -0.25) is 9.48 Å². The summed E-state index contributed by atoms with van der Waals surface area (Å²) in [5.74, 6) is 0.781. The average Bonchev–Trinajstić information content (AvgIpc) is 3.49. The molecule has 0 unspecified atom stereocenters. The van der Waals surface area contributed by atoms with Gasteiger partial charge in [-0.1, -0.05) is 26.0 Å². The molecule has 9 heteroatoms. The molecule has 3 aromatic rings. The third-order valence-electron chi connectivity index (χ3n) is 6.57. The lowest BCUT2D eigenvalue weighted by Gasteiger charge is -2.30. The van der Waals surface area contributed by atoms with Gasteiger partial charge in [0.25, 0.3) is 5.91 Å². The molecule has 2 aliphatic heterocycles. The Morgan fingerprint density at radius 1 is 1.16 bits per heavy atom. The number of fused-ring (bicyclic) bond motifs is 1. The smallest absolute Gasteiger partial charge is 0.274 e. The zero-order valence-corrected chi connectivity index (χ0v) is 20.0. The number of benzene rings is 1. The highest BCUT2D eigenvalue weighted by atomic mass is 32.2. The van der Waals surface area contributed by atoms with Crippen LogP contribution in [0.1, 0.15) is 72.2 Å². The van der Waals surface area contributed by atoms with E-state index in [1.807, 2.05) is 29.2 Å². The van der Waals surface area contributed by atoms with Crippen molar-refractivity contribution >= 4 is 37.3 Å². The van der Waals surface area contributed by atoms with Crippen LogP contribution in [0.2, 0.25) is 0 Å². The Labute approximate surface area is 192 Å². The highest BCUT2D eigenvalue weighted by Gasteiger charge is 2.33. The van der Waals surface area contributed by atoms with E-state index in [1.165, 1.54) is 4.70 Å². The van der Waals surface area contributed by atoms with Crippen molar-refractivity contribution in [2.75, 3.05) is 24.6 Å². The van der Waals surface area contributed by atoms with Crippen LogP contribution in [0.3, 0.4) is 0 Å². The summed E-state index contributed by atoms with van der Waals surface area (Å²) in [6, 6.07) is 9.89. The first-order valence-corrected chi connectivity index (χ1v) is 13.9. The first-order valence-electron chi connectivity index (χ1n) is 11.3. The topological polar surface area (TPSA) is 85.2 Å². The maximum atomic E-state index is 13.2. The summed E-state index contributed by atoms with van der Waals surface area (Å²) in [7, 11) is -3.02. The predicted octanol–water partition coefficient (Wildman–Crippen LogP) is 4.00. The summed E-state index contributed by atoms with van der Waals surface area (Å²) in [6.45, 7) is 5.46. The molecule has 0 N–H and O–H groups in total. The molecule has 0 radical (unpaired) electrons. The van der Waals surface area contributed by atoms with Crippen molar-refractivity contribution in [3.05, 3.63) is 46.7 Å². The van der Waals surface area contributed by atoms with Crippen LogP contribution in [0, 0.1) is 0 Å². The number of nitrogens with zero attached hydrogens (tertiary/aromatic N) is 4. The van der Waals surface area contributed by atoms with E-state index in [1.54, 1.807) is 16.0 Å². The lowest BCUT2D eigenvalue weighted by molar-refractivity contribution is 0.0705. The zero-order chi connectivity index (χ0) is 22.5. The second-order valence-electron chi connectivity index (χ2n) is 9.20. The van der Waals surface area contributed by atoms with Gasteiger partial charge >= 0.3 is 0 Å². The fraction of sp³-hybridized carbons (Fsp3) is 0.522. The number of hydrogen-bond donors (Lipinski definition) is 0. The summed E-state index contributed by atoms with van der Waals surface area (Å²) in [6.07, 6.45) is 2.35. The molecule has 4 heterocycles. The van der Waals surface area contributed by atoms with Gasteiger partial charge in [0.15, 0.2) is 15.5 Å². The van der Waals surface area contributed by atoms with Gasteiger partial charge in [-0.15, -0.1) is 11.3 Å². The van der Waals surface area contributed by atoms with Gasteiger partial charge in [0.05, 0.1) is 32.8 Å². The Morgan fingerprint density at radius 3 is 2.56 bits per heavy atom. The molecule has 1 amide bonds. The summed E-state index contributed by atoms with van der Waals surface area (Å²) in [5, 5.41) is 5.77. The van der Waals surface area contributed by atoms with Gasteiger partial charge < -0.3 is 4.90 Å². The van der Waals surface area contributed by atoms with Crippen LogP contribution in [0.5, 0.6) is 0 Å². The number of carbonyl (C=O) groups excluding carboxylic acids is 1. The van der Waals surface area contributed by atoms with Gasteiger partial charge in [-0.25, -0.2) is 13.4 Å². The van der Waals surface area contributed by atoms with Crippen LogP contribution < -0.4 is 0 Å². The van der Waals surface area contributed by atoms with Gasteiger partial charge in [0, 0.05) is 24.7 Å². The summed E-state index contributed by atoms with van der Waals surface area (Å²) < 4.78 is 26.9. The lowest BCUT2D eigenvalue weighted by atomic mass is 9.97. The molecule has 0 bridgehead atoms. The summed E-state index contributed by atoms with van der Waals surface area (Å²) in [5.41, 5.74) is 2.41. The van der Waals surface area contributed by atoms with Crippen molar-refractivity contribution < 1.29 is 13.2 Å². The third-order valence-corrected chi connectivity index (χ3v) is 9.52. The summed E-state index contributed by atoms with van der Waals surface area (Å²) in [4.78, 5) is 19.9. The monoisotopic (exact) mass is 472 g/mol. The van der Waals surface area contributed by atoms with Crippen molar-refractivity contribution in [2.24, 2.45) is 0 Å². The zero-order valence-electron chi connectivity index (χ0n) is 18.4. The van der Waals surface area contributed by atoms with E-state index in [0.29, 0.717) is 31.1 Å². The molecular weight excluding hydrogens is 444 g/mol. The van der Waals surface area contributed by atoms with Crippen LogP contribution in [-0.2, 0) is 9.84 Å². The van der Waals surface area contributed by atoms with E-state index >= 15 is 0 Å². The average molecular weight is 473 g/mol. The largest absolute Gasteiger partial charge is 0.337 e. The number of sulfone groups is 1. The molecule has 1 atom stereocenters. The Morgan fingerprint density at radius 2 is 1.91 bits per heavy atom. The Kier molecular flexibility index (Phi) is 5.57. The number of para-hydroxylation sites is 1. The third kappa shape index (κ3) is 4.08. The van der Waals surface area contributed by atoms with Crippen LogP contribution in [0.25, 0.3) is 10.2 Å². The molecule has 2 fully saturated rings. The van der Waals surface area contributed by atoms with Crippen molar-refractivity contribution in [1.29, 1.82) is 0 Å². The molecular formula is C23H28N4O3S2. The molecule has 2 aliphatic rings. The second kappa shape index (κ2) is 8.26. The Hall–Kier alpha value is -2.26. The van der Waals surface area contributed by atoms with Gasteiger partial charge in [0.2, 0.25) is 0 Å². The fourth-order valence-corrected chi connectivity index (χ4v) is 7.59. The van der Waals surface area contributed by atoms with Crippen molar-refractivity contribution in [2.45, 2.75) is 51.0 Å². The molecule has 2 saturated heterocycles. The first-order chi connectivity index (χ1) is 15.3. The molecule has 170 valence electrons. The first kappa shape index (κ1) is 21.6. The van der Waals surface area contributed by atoms with Crippen LogP contribution in [0.15, 0.2) is 30.3 Å². The van der Waals surface area contributed by atoms with Crippen molar-refractivity contribution in [1.82, 2.24) is 19.7 Å². The van der Waals surface area contributed by atoms with Crippen LogP contribution in [0.4, 0.5) is 0 Å². The summed E-state index contributed by atoms with van der Waals surface area (Å²) >= 11 is 1.75. The van der Waals surface area contributed by atoms with Crippen molar-refractivity contribution in [3.63, 3.8) is 0 Å². The number of likely N-dealkylation sites (tertiary alicyclic amines) is 1. The van der Waals surface area contributed by atoms with E-state index in [0.717, 1.165) is 29.1 Å². The molecule has 1 aromatic carbocycles. The van der Waals surface area contributed by atoms with E-state index in [4.69, 9.17) is 4.98 Å². The quantitative estimate of drug-likeness (QED) is 0.573. The van der Waals surface area contributed by atoms with Crippen LogP contribution in [-0.4, -0.2) is 58.6 Å². The van der Waals surface area contributed by atoms with E-state index < -0.39 is 9.84 Å². The Balaban J connectivity index is 1.30. The van der Waals surface area contributed by atoms with E-state index in [-0.39, 0.29) is 29.4 Å². The highest BCUT2D eigenvalue weighted by molar-refractivity contribution is 7.91. The molecule has 0 aliphatic carbocycles. The maximum Gasteiger partial charge on any atom is 0.274 e. The molecule has 7 nitrogen and oxygen atoms in total. The van der Waals surface area contributed by atoms with E-state index in [9.17, 15) is 13.2 Å². The second-order valence-corrected chi connectivity index (χ2v) is 12.5. The number of rotatable bonds is 4. The highest BCUT2D eigenvalue weighted by Crippen LogP contribution is 2.34. The molecule has 5 rings (SSSR count). The van der Waals surface area contributed by atoms with E-state index in [2.05, 4.69) is 25.0 Å². The number of thiazole rings is 1. The molecule has 2 aromatic heterocycles.